The van der Waals surface area contributed by atoms with Gasteiger partial charge in [-0.15, -0.1) is 0 Å². The molecule has 2 N–H and O–H groups in total. The molecule has 0 saturated heterocycles. The van der Waals surface area contributed by atoms with E-state index in [0.29, 0.717) is 28.8 Å². The van der Waals surface area contributed by atoms with Gasteiger partial charge >= 0.3 is 0 Å². The molecule has 1 aliphatic heterocycles. The Kier molecular flexibility index (Phi) is 5.18. The van der Waals surface area contributed by atoms with Gasteiger partial charge in [0.1, 0.15) is 23.1 Å². The Labute approximate surface area is 189 Å². The monoisotopic (exact) mass is 444 g/mol. The van der Waals surface area contributed by atoms with Crippen molar-refractivity contribution in [1.82, 2.24) is 4.98 Å². The Hall–Kier alpha value is -3.97. The lowest BCUT2D eigenvalue weighted by molar-refractivity contribution is -0.133. The van der Waals surface area contributed by atoms with Crippen molar-refractivity contribution in [3.05, 3.63) is 95.4 Å². The number of aromatic amines is 1. The van der Waals surface area contributed by atoms with Crippen LogP contribution in [0.1, 0.15) is 16.7 Å². The van der Waals surface area contributed by atoms with Crippen LogP contribution in [-0.2, 0) is 26.3 Å². The molecule has 0 radical (unpaired) electrons. The molecule has 6 nitrogen and oxygen atoms in total. The summed E-state index contributed by atoms with van der Waals surface area (Å²) >= 11 is 0. The average Bonchev–Trinajstić information content (AvgIpc) is 3.39. The Morgan fingerprint density at radius 1 is 1.06 bits per heavy atom. The second-order valence-corrected chi connectivity index (χ2v) is 7.92. The van der Waals surface area contributed by atoms with Crippen molar-refractivity contribution in [3.63, 3.8) is 0 Å². The molecule has 1 aliphatic rings. The van der Waals surface area contributed by atoms with Crippen LogP contribution in [0.4, 0.5) is 10.1 Å². The molecule has 2 atom stereocenters. The van der Waals surface area contributed by atoms with E-state index in [1.807, 2.05) is 36.4 Å². The zero-order chi connectivity index (χ0) is 23.0. The van der Waals surface area contributed by atoms with Gasteiger partial charge in [0.25, 0.3) is 0 Å². The molecule has 5 rings (SSSR count). The van der Waals surface area contributed by atoms with Gasteiger partial charge in [-0.25, -0.2) is 4.39 Å². The fraction of sp³-hybridized carbons (Fsp3) is 0.154. The fourth-order valence-corrected chi connectivity index (χ4v) is 4.57. The molecule has 1 amide bonds. The number of amides is 1. The summed E-state index contributed by atoms with van der Waals surface area (Å²) < 4.78 is 25.6. The topological polar surface area (TPSA) is 80.4 Å². The Morgan fingerprint density at radius 3 is 2.61 bits per heavy atom. The summed E-state index contributed by atoms with van der Waals surface area (Å²) in [5.41, 5.74) is 1.40. The molecule has 0 fully saturated rings. The molecule has 0 bridgehead atoms. The number of carbonyl (C=O) groups is 2. The number of rotatable bonds is 7. The number of fused-ring (bicyclic) bond motifs is 2. The van der Waals surface area contributed by atoms with E-state index in [0.717, 1.165) is 16.5 Å². The van der Waals surface area contributed by atoms with Crippen molar-refractivity contribution in [2.75, 3.05) is 12.4 Å². The highest BCUT2D eigenvalue weighted by Crippen LogP contribution is 2.48. The van der Waals surface area contributed by atoms with Crippen LogP contribution in [0.5, 0.6) is 5.75 Å². The first kappa shape index (κ1) is 20.9. The van der Waals surface area contributed by atoms with E-state index in [4.69, 9.17) is 9.47 Å². The van der Waals surface area contributed by atoms with Crippen LogP contribution >= 0.6 is 0 Å². The number of methoxy groups -OCH3 is 1. The lowest BCUT2D eigenvalue weighted by Crippen LogP contribution is -2.48. The van der Waals surface area contributed by atoms with Crippen molar-refractivity contribution in [2.24, 2.45) is 0 Å². The summed E-state index contributed by atoms with van der Waals surface area (Å²) in [5.74, 6) is -0.255. The van der Waals surface area contributed by atoms with E-state index < -0.39 is 23.2 Å². The van der Waals surface area contributed by atoms with E-state index in [2.05, 4.69) is 10.3 Å². The molecule has 4 aromatic rings. The van der Waals surface area contributed by atoms with Crippen LogP contribution in [-0.4, -0.2) is 30.4 Å². The minimum atomic E-state index is -1.56. The van der Waals surface area contributed by atoms with Crippen LogP contribution in [0.2, 0.25) is 0 Å². The molecular weight excluding hydrogens is 423 g/mol. The third kappa shape index (κ3) is 3.29. The SMILES string of the molecule is COc1ccc(COC(C=O)C2(c3c[nH]c4ccccc34)C(=O)Nc3ccc(F)cc32)cc1. The summed E-state index contributed by atoms with van der Waals surface area (Å²) in [4.78, 5) is 29.2. The van der Waals surface area contributed by atoms with Gasteiger partial charge in [-0.1, -0.05) is 30.3 Å². The zero-order valence-electron chi connectivity index (χ0n) is 17.8. The Morgan fingerprint density at radius 2 is 1.85 bits per heavy atom. The van der Waals surface area contributed by atoms with E-state index >= 15 is 0 Å². The number of benzene rings is 3. The average molecular weight is 444 g/mol. The summed E-state index contributed by atoms with van der Waals surface area (Å²) in [6.45, 7) is 0.0788. The van der Waals surface area contributed by atoms with E-state index in [1.54, 1.807) is 25.4 Å². The zero-order valence-corrected chi connectivity index (χ0v) is 17.8. The van der Waals surface area contributed by atoms with Gasteiger partial charge in [0.2, 0.25) is 5.91 Å². The van der Waals surface area contributed by atoms with Crippen molar-refractivity contribution < 1.29 is 23.5 Å². The smallest absolute Gasteiger partial charge is 0.242 e. The molecule has 0 aliphatic carbocycles. The second-order valence-electron chi connectivity index (χ2n) is 7.92. The van der Waals surface area contributed by atoms with Crippen molar-refractivity contribution in [3.8, 4) is 5.75 Å². The normalized spacial score (nSPS) is 18.1. The minimum absolute atomic E-state index is 0.0788. The maximum Gasteiger partial charge on any atom is 0.242 e. The van der Waals surface area contributed by atoms with E-state index in [-0.39, 0.29) is 6.61 Å². The van der Waals surface area contributed by atoms with Crippen LogP contribution in [0.3, 0.4) is 0 Å². The molecule has 0 saturated carbocycles. The molecule has 0 spiro atoms. The maximum absolute atomic E-state index is 14.4. The van der Waals surface area contributed by atoms with E-state index in [1.165, 1.54) is 18.2 Å². The molecular formula is C26H21FN2O4. The van der Waals surface area contributed by atoms with E-state index in [9.17, 15) is 14.0 Å². The summed E-state index contributed by atoms with van der Waals surface area (Å²) in [6, 6.07) is 18.7. The number of carbonyl (C=O) groups excluding carboxylic acids is 2. The van der Waals surface area contributed by atoms with Crippen LogP contribution in [0.15, 0.2) is 72.9 Å². The molecule has 33 heavy (non-hydrogen) atoms. The van der Waals surface area contributed by atoms with Gasteiger partial charge < -0.3 is 24.6 Å². The largest absolute Gasteiger partial charge is 0.497 e. The molecule has 7 heteroatoms. The Bertz CT molecular complexity index is 1350. The lowest BCUT2D eigenvalue weighted by Gasteiger charge is -2.32. The number of aldehydes is 1. The van der Waals surface area contributed by atoms with Gasteiger partial charge in [-0.05, 0) is 42.0 Å². The first-order chi connectivity index (χ1) is 16.1. The first-order valence-corrected chi connectivity index (χ1v) is 10.5. The van der Waals surface area contributed by atoms with Crippen LogP contribution in [0.25, 0.3) is 10.9 Å². The quantitative estimate of drug-likeness (QED) is 0.416. The van der Waals surface area contributed by atoms with Gasteiger partial charge in [-0.2, -0.15) is 0 Å². The molecule has 2 unspecified atom stereocenters. The molecule has 166 valence electrons. The molecule has 3 aromatic carbocycles. The number of nitrogens with one attached hydrogen (secondary N) is 2. The second kappa shape index (κ2) is 8.18. The highest BCUT2D eigenvalue weighted by Gasteiger charge is 2.56. The summed E-state index contributed by atoms with van der Waals surface area (Å²) in [5, 5.41) is 3.58. The number of aromatic nitrogens is 1. The minimum Gasteiger partial charge on any atom is -0.497 e. The summed E-state index contributed by atoms with van der Waals surface area (Å²) in [6.07, 6.45) is 1.10. The van der Waals surface area contributed by atoms with Crippen molar-refractivity contribution in [1.29, 1.82) is 0 Å². The number of hydrogen-bond acceptors (Lipinski definition) is 4. The fourth-order valence-electron chi connectivity index (χ4n) is 4.57. The number of ether oxygens (including phenoxy) is 2. The van der Waals surface area contributed by atoms with Gasteiger partial charge in [-0.3, -0.25) is 4.79 Å². The summed E-state index contributed by atoms with van der Waals surface area (Å²) in [7, 11) is 1.58. The highest BCUT2D eigenvalue weighted by molar-refractivity contribution is 6.13. The molecule has 1 aromatic heterocycles. The van der Waals surface area contributed by atoms with Crippen LogP contribution in [0, 0.1) is 5.82 Å². The number of H-pyrrole nitrogens is 1. The molecule has 2 heterocycles. The lowest BCUT2D eigenvalue weighted by atomic mass is 9.71. The van der Waals surface area contributed by atoms with Crippen molar-refractivity contribution in [2.45, 2.75) is 18.1 Å². The van der Waals surface area contributed by atoms with Gasteiger partial charge in [0.15, 0.2) is 6.29 Å². The predicted octanol–water partition coefficient (Wildman–Crippen LogP) is 4.34. The highest BCUT2D eigenvalue weighted by atomic mass is 19.1. The number of halogens is 1. The third-order valence-electron chi connectivity index (χ3n) is 6.17. The predicted molar refractivity (Wildman–Crippen MR) is 122 cm³/mol. The van der Waals surface area contributed by atoms with Crippen LogP contribution < -0.4 is 10.1 Å². The first-order valence-electron chi connectivity index (χ1n) is 10.5. The maximum atomic E-state index is 14.4. The number of hydrogen-bond donors (Lipinski definition) is 2. The standard InChI is InChI=1S/C26H21FN2O4/c1-32-18-9-6-16(7-10-18)15-33-24(14-30)26(21-13-28-22-5-3-2-4-19(21)22)20-12-17(27)8-11-23(20)29-25(26)31/h2-14,24,28H,15H2,1H3,(H,29,31). The Balaban J connectivity index is 1.65. The van der Waals surface area contributed by atoms with Gasteiger partial charge in [0.05, 0.1) is 13.7 Å². The van der Waals surface area contributed by atoms with Crippen molar-refractivity contribution >= 4 is 28.8 Å². The number of para-hydroxylation sites is 1. The van der Waals surface area contributed by atoms with Gasteiger partial charge in [0, 0.05) is 33.9 Å². The third-order valence-corrected chi connectivity index (χ3v) is 6.17. The number of anilines is 1.